The largest absolute Gasteiger partial charge is 0.365 e. The highest BCUT2D eigenvalue weighted by molar-refractivity contribution is 5.86. The Morgan fingerprint density at radius 3 is 2.96 bits per heavy atom. The van der Waals surface area contributed by atoms with E-state index >= 15 is 0 Å². The van der Waals surface area contributed by atoms with E-state index in [0.717, 1.165) is 42.7 Å². The number of pyridine rings is 1. The summed E-state index contributed by atoms with van der Waals surface area (Å²) in [7, 11) is 0. The molecule has 1 aromatic carbocycles. The highest BCUT2D eigenvalue weighted by atomic mass is 19.1. The Morgan fingerprint density at radius 2 is 2.08 bits per heavy atom. The van der Waals surface area contributed by atoms with Crippen LogP contribution in [0.3, 0.4) is 0 Å². The number of hydrogen-bond acceptors (Lipinski definition) is 5. The first-order chi connectivity index (χ1) is 12.7. The van der Waals surface area contributed by atoms with E-state index in [-0.39, 0.29) is 11.9 Å². The number of benzene rings is 1. The fraction of sp³-hybridized carbons (Fsp3) is 0.350. The number of fused-ring (bicyclic) bond motifs is 1. The summed E-state index contributed by atoms with van der Waals surface area (Å²) in [5.74, 6) is 1.40. The Bertz CT molecular complexity index is 914. The van der Waals surface area contributed by atoms with E-state index in [1.54, 1.807) is 12.3 Å². The summed E-state index contributed by atoms with van der Waals surface area (Å²) >= 11 is 0. The smallest absolute Gasteiger partial charge is 0.164 e. The normalized spacial score (nSPS) is 18.2. The molecule has 1 saturated heterocycles. The second-order valence-electron chi connectivity index (χ2n) is 6.80. The van der Waals surface area contributed by atoms with Gasteiger partial charge in [-0.25, -0.2) is 19.3 Å². The van der Waals surface area contributed by atoms with Crippen molar-refractivity contribution in [2.75, 3.05) is 18.4 Å². The second-order valence-corrected chi connectivity index (χ2v) is 6.80. The van der Waals surface area contributed by atoms with E-state index in [2.05, 4.69) is 25.2 Å². The van der Waals surface area contributed by atoms with Crippen LogP contribution in [0.15, 0.2) is 42.6 Å². The van der Waals surface area contributed by atoms with Crippen molar-refractivity contribution in [3.63, 3.8) is 0 Å². The third kappa shape index (κ3) is 3.65. The average Bonchev–Trinajstić information content (AvgIpc) is 2.64. The first-order valence-corrected chi connectivity index (χ1v) is 9.01. The molecule has 3 heterocycles. The third-order valence-corrected chi connectivity index (χ3v) is 4.78. The van der Waals surface area contributed by atoms with Crippen LogP contribution in [-0.4, -0.2) is 39.0 Å². The van der Waals surface area contributed by atoms with Crippen LogP contribution >= 0.6 is 0 Å². The summed E-state index contributed by atoms with van der Waals surface area (Å²) in [5, 5.41) is 4.50. The van der Waals surface area contributed by atoms with Crippen LogP contribution in [0.1, 0.15) is 24.2 Å². The first kappa shape index (κ1) is 16.8. The molecule has 0 radical (unpaired) electrons. The van der Waals surface area contributed by atoms with Gasteiger partial charge in [0.25, 0.3) is 0 Å². The van der Waals surface area contributed by atoms with E-state index in [0.29, 0.717) is 18.0 Å². The Labute approximate surface area is 152 Å². The Hall–Kier alpha value is -2.60. The standard InChI is InChI=1S/C20H22FN5/c1-14-23-19-17(8-4-10-22-19)20(24-14)25-16-7-5-11-26(13-16)12-15-6-2-3-9-18(15)21/h2-4,6,8-10,16H,5,7,11-13H2,1H3,(H,22,23,24,25)/t16-/m1/s1. The molecule has 2 aromatic heterocycles. The van der Waals surface area contributed by atoms with Crippen molar-refractivity contribution in [1.29, 1.82) is 0 Å². The number of rotatable bonds is 4. The molecule has 1 fully saturated rings. The summed E-state index contributed by atoms with van der Waals surface area (Å²) in [6.45, 7) is 4.36. The molecule has 134 valence electrons. The predicted molar refractivity (Wildman–Crippen MR) is 100 cm³/mol. The predicted octanol–water partition coefficient (Wildman–Crippen LogP) is 3.55. The van der Waals surface area contributed by atoms with Gasteiger partial charge in [0.2, 0.25) is 0 Å². The molecule has 5 nitrogen and oxygen atoms in total. The van der Waals surface area contributed by atoms with Crippen molar-refractivity contribution in [3.05, 3.63) is 59.8 Å². The Balaban J connectivity index is 1.50. The lowest BCUT2D eigenvalue weighted by atomic mass is 10.0. The van der Waals surface area contributed by atoms with Gasteiger partial charge in [-0.1, -0.05) is 18.2 Å². The fourth-order valence-corrected chi connectivity index (χ4v) is 3.56. The Kier molecular flexibility index (Phi) is 4.75. The van der Waals surface area contributed by atoms with Crippen LogP contribution in [0.5, 0.6) is 0 Å². The average molecular weight is 351 g/mol. The van der Waals surface area contributed by atoms with Crippen LogP contribution in [0.4, 0.5) is 10.2 Å². The van der Waals surface area contributed by atoms with Crippen molar-refractivity contribution < 1.29 is 4.39 Å². The summed E-state index contributed by atoms with van der Waals surface area (Å²) in [6, 6.07) is 11.2. The summed E-state index contributed by atoms with van der Waals surface area (Å²) < 4.78 is 13.9. The molecule has 1 aliphatic rings. The lowest BCUT2D eigenvalue weighted by molar-refractivity contribution is 0.206. The molecule has 1 aliphatic heterocycles. The van der Waals surface area contributed by atoms with Crippen molar-refractivity contribution in [2.45, 2.75) is 32.4 Å². The SMILES string of the molecule is Cc1nc(N[C@@H]2CCCN(Cc3ccccc3F)C2)c2cccnc2n1. The van der Waals surface area contributed by atoms with Crippen LogP contribution in [0, 0.1) is 12.7 Å². The molecular formula is C20H22FN5. The van der Waals surface area contributed by atoms with E-state index in [1.807, 2.05) is 31.2 Å². The molecule has 0 amide bonds. The van der Waals surface area contributed by atoms with E-state index < -0.39 is 0 Å². The van der Waals surface area contributed by atoms with Crippen LogP contribution in [-0.2, 0) is 6.54 Å². The van der Waals surface area contributed by atoms with Gasteiger partial charge < -0.3 is 5.32 Å². The van der Waals surface area contributed by atoms with Crippen molar-refractivity contribution in [1.82, 2.24) is 19.9 Å². The van der Waals surface area contributed by atoms with Gasteiger partial charge in [-0.2, -0.15) is 0 Å². The van der Waals surface area contributed by atoms with E-state index in [4.69, 9.17) is 0 Å². The highest BCUT2D eigenvalue weighted by Gasteiger charge is 2.22. The molecular weight excluding hydrogens is 329 g/mol. The van der Waals surface area contributed by atoms with Gasteiger partial charge in [0.05, 0.1) is 5.39 Å². The monoisotopic (exact) mass is 351 g/mol. The third-order valence-electron chi connectivity index (χ3n) is 4.78. The minimum absolute atomic E-state index is 0.133. The summed E-state index contributed by atoms with van der Waals surface area (Å²) in [5.41, 5.74) is 1.46. The molecule has 0 saturated carbocycles. The summed E-state index contributed by atoms with van der Waals surface area (Å²) in [4.78, 5) is 15.6. The molecule has 0 bridgehead atoms. The molecule has 0 aliphatic carbocycles. The first-order valence-electron chi connectivity index (χ1n) is 9.01. The number of anilines is 1. The highest BCUT2D eigenvalue weighted by Crippen LogP contribution is 2.22. The minimum atomic E-state index is -0.133. The molecule has 6 heteroatoms. The van der Waals surface area contributed by atoms with Gasteiger partial charge >= 0.3 is 0 Å². The molecule has 1 N–H and O–H groups in total. The topological polar surface area (TPSA) is 53.9 Å². The second kappa shape index (κ2) is 7.33. The molecule has 1 atom stereocenters. The van der Waals surface area contributed by atoms with Gasteiger partial charge in [-0.3, -0.25) is 4.90 Å². The number of nitrogens with zero attached hydrogens (tertiary/aromatic N) is 4. The number of hydrogen-bond donors (Lipinski definition) is 1. The van der Waals surface area contributed by atoms with E-state index in [1.165, 1.54) is 6.07 Å². The van der Waals surface area contributed by atoms with Crippen LogP contribution in [0.2, 0.25) is 0 Å². The van der Waals surface area contributed by atoms with Gasteiger partial charge in [-0.05, 0) is 44.5 Å². The zero-order valence-electron chi connectivity index (χ0n) is 14.8. The molecule has 0 unspecified atom stereocenters. The number of halogens is 1. The van der Waals surface area contributed by atoms with Crippen molar-refractivity contribution >= 4 is 16.9 Å². The van der Waals surface area contributed by atoms with Crippen LogP contribution in [0.25, 0.3) is 11.0 Å². The minimum Gasteiger partial charge on any atom is -0.365 e. The van der Waals surface area contributed by atoms with Crippen molar-refractivity contribution in [3.8, 4) is 0 Å². The number of aromatic nitrogens is 3. The maximum Gasteiger partial charge on any atom is 0.164 e. The number of likely N-dealkylation sites (tertiary alicyclic amines) is 1. The number of piperidine rings is 1. The van der Waals surface area contributed by atoms with E-state index in [9.17, 15) is 4.39 Å². The van der Waals surface area contributed by atoms with Gasteiger partial charge in [0.15, 0.2) is 5.65 Å². The molecule has 4 rings (SSSR count). The fourth-order valence-electron chi connectivity index (χ4n) is 3.56. The summed E-state index contributed by atoms with van der Waals surface area (Å²) in [6.07, 6.45) is 3.89. The molecule has 26 heavy (non-hydrogen) atoms. The van der Waals surface area contributed by atoms with Gasteiger partial charge in [-0.15, -0.1) is 0 Å². The molecule has 0 spiro atoms. The van der Waals surface area contributed by atoms with Crippen molar-refractivity contribution in [2.24, 2.45) is 0 Å². The quantitative estimate of drug-likeness (QED) is 0.779. The zero-order chi connectivity index (χ0) is 17.9. The molecule has 3 aromatic rings. The Morgan fingerprint density at radius 1 is 1.19 bits per heavy atom. The maximum absolute atomic E-state index is 13.9. The van der Waals surface area contributed by atoms with Gasteiger partial charge in [0, 0.05) is 30.9 Å². The number of aryl methyl sites for hydroxylation is 1. The zero-order valence-corrected chi connectivity index (χ0v) is 14.8. The van der Waals surface area contributed by atoms with Crippen LogP contribution < -0.4 is 5.32 Å². The number of nitrogens with one attached hydrogen (secondary N) is 1. The maximum atomic E-state index is 13.9. The lowest BCUT2D eigenvalue weighted by Crippen LogP contribution is -2.42. The lowest BCUT2D eigenvalue weighted by Gasteiger charge is -2.33. The van der Waals surface area contributed by atoms with Gasteiger partial charge in [0.1, 0.15) is 17.5 Å².